The first kappa shape index (κ1) is 25.6. The second-order valence-corrected chi connectivity index (χ2v) is 9.54. The molecule has 10 heteroatoms. The zero-order chi connectivity index (χ0) is 25.8. The predicted molar refractivity (Wildman–Crippen MR) is 135 cm³/mol. The van der Waals surface area contributed by atoms with Crippen molar-refractivity contribution in [1.82, 2.24) is 19.8 Å². The van der Waals surface area contributed by atoms with E-state index in [0.29, 0.717) is 13.1 Å². The summed E-state index contributed by atoms with van der Waals surface area (Å²) >= 11 is 0. The van der Waals surface area contributed by atoms with Crippen molar-refractivity contribution in [1.29, 1.82) is 0 Å². The summed E-state index contributed by atoms with van der Waals surface area (Å²) in [5.74, 6) is -0.321. The minimum absolute atomic E-state index is 0.0185. The van der Waals surface area contributed by atoms with E-state index in [1.807, 2.05) is 37.8 Å². The van der Waals surface area contributed by atoms with E-state index in [1.54, 1.807) is 0 Å². The summed E-state index contributed by atoms with van der Waals surface area (Å²) < 4.78 is 19.5. The van der Waals surface area contributed by atoms with Gasteiger partial charge in [0.1, 0.15) is 12.4 Å². The zero-order valence-electron chi connectivity index (χ0n) is 21.0. The lowest BCUT2D eigenvalue weighted by Crippen LogP contribution is -2.47. The number of hydrogen-bond acceptors (Lipinski definition) is 7. The van der Waals surface area contributed by atoms with Gasteiger partial charge in [-0.3, -0.25) is 14.6 Å². The summed E-state index contributed by atoms with van der Waals surface area (Å²) in [6.07, 6.45) is 0.831. The molecule has 0 bridgehead atoms. The van der Waals surface area contributed by atoms with Gasteiger partial charge in [-0.15, -0.1) is 0 Å². The van der Waals surface area contributed by atoms with Gasteiger partial charge < -0.3 is 15.0 Å². The fraction of sp³-hybridized carbons (Fsp3) is 0.462. The quantitative estimate of drug-likeness (QED) is 0.441. The van der Waals surface area contributed by atoms with Crippen LogP contribution in [-0.4, -0.2) is 70.6 Å². The van der Waals surface area contributed by atoms with E-state index in [4.69, 9.17) is 4.74 Å². The summed E-state index contributed by atoms with van der Waals surface area (Å²) in [5.41, 5.74) is 2.17. The van der Waals surface area contributed by atoms with E-state index in [9.17, 15) is 14.0 Å². The smallest absolute Gasteiger partial charge is 0.415 e. The molecule has 2 aliphatic heterocycles. The Labute approximate surface area is 210 Å². The Morgan fingerprint density at radius 1 is 1.19 bits per heavy atom. The highest BCUT2D eigenvalue weighted by Gasteiger charge is 2.37. The van der Waals surface area contributed by atoms with Crippen LogP contribution >= 0.6 is 0 Å². The lowest BCUT2D eigenvalue weighted by atomic mass is 10.0. The van der Waals surface area contributed by atoms with E-state index in [0.717, 1.165) is 31.3 Å². The van der Waals surface area contributed by atoms with Crippen LogP contribution in [0.25, 0.3) is 0 Å². The Bertz CT molecular complexity index is 1100. The first-order chi connectivity index (χ1) is 17.2. The van der Waals surface area contributed by atoms with Gasteiger partial charge >= 0.3 is 6.09 Å². The molecule has 0 spiro atoms. The molecule has 2 aromatic rings. The minimum atomic E-state index is -0.720. The molecular formula is C26H33FN6O3. The number of rotatable bonds is 8. The molecule has 4 rings (SSSR count). The van der Waals surface area contributed by atoms with Crippen molar-refractivity contribution in [3.05, 3.63) is 60.1 Å². The number of carbonyl (C=O) groups is 2. The van der Waals surface area contributed by atoms with E-state index in [1.165, 1.54) is 16.5 Å². The average molecular weight is 497 g/mol. The number of amides is 2. The summed E-state index contributed by atoms with van der Waals surface area (Å²) in [7, 11) is 0. The molecule has 2 amide bonds. The van der Waals surface area contributed by atoms with Crippen LogP contribution in [0.1, 0.15) is 37.9 Å². The van der Waals surface area contributed by atoms with Gasteiger partial charge in [-0.2, -0.15) is 14.4 Å². The molecule has 0 radical (unpaired) electrons. The van der Waals surface area contributed by atoms with Crippen molar-refractivity contribution in [2.45, 2.75) is 39.4 Å². The molecule has 192 valence electrons. The Hall–Kier alpha value is -3.53. The number of cyclic esters (lactones) is 1. The molecule has 0 aliphatic carbocycles. The third kappa shape index (κ3) is 5.81. The Morgan fingerprint density at radius 3 is 2.53 bits per heavy atom. The number of ether oxygens (including phenoxy) is 1. The van der Waals surface area contributed by atoms with Gasteiger partial charge in [0.2, 0.25) is 17.8 Å². The highest BCUT2D eigenvalue weighted by molar-refractivity contribution is 5.89. The third-order valence-corrected chi connectivity index (χ3v) is 6.69. The molecule has 2 saturated heterocycles. The van der Waals surface area contributed by atoms with Gasteiger partial charge in [-0.05, 0) is 30.0 Å². The molecule has 2 atom stereocenters. The molecule has 1 aromatic carbocycles. The molecule has 36 heavy (non-hydrogen) atoms. The van der Waals surface area contributed by atoms with Crippen LogP contribution in [0.5, 0.6) is 0 Å². The second kappa shape index (κ2) is 11.0. The Kier molecular flexibility index (Phi) is 7.83. The standard InChI is InChI=1S/C26H33FN6O3/c1-5-24(34)32-12-10-31(11-13-32)15-19-6-8-20(9-7-19)18(4)28-25-29-22(27)14-23(30-25)33-21(17(2)3)16-36-26(33)35/h5-9,14,17-18,21H,1,10-13,15-16H2,2-4H3,(H,28,29,30)/t18?,21-/m1/s1. The van der Waals surface area contributed by atoms with Crippen molar-refractivity contribution < 1.29 is 18.7 Å². The van der Waals surface area contributed by atoms with Crippen molar-refractivity contribution in [3.63, 3.8) is 0 Å². The van der Waals surface area contributed by atoms with Crippen molar-refractivity contribution in [2.75, 3.05) is 43.0 Å². The molecule has 2 fully saturated rings. The van der Waals surface area contributed by atoms with E-state index < -0.39 is 12.0 Å². The molecule has 9 nitrogen and oxygen atoms in total. The van der Waals surface area contributed by atoms with Crippen molar-refractivity contribution >= 4 is 23.8 Å². The van der Waals surface area contributed by atoms with Gasteiger partial charge in [0.05, 0.1) is 12.1 Å². The summed E-state index contributed by atoms with van der Waals surface area (Å²) in [4.78, 5) is 37.8. The van der Waals surface area contributed by atoms with Crippen molar-refractivity contribution in [3.8, 4) is 0 Å². The summed E-state index contributed by atoms with van der Waals surface area (Å²) in [6.45, 7) is 13.5. The molecule has 1 unspecified atom stereocenters. The molecule has 2 aliphatic rings. The Balaban J connectivity index is 1.38. The number of nitrogens with zero attached hydrogens (tertiary/aromatic N) is 5. The normalized spacial score (nSPS) is 19.4. The predicted octanol–water partition coefficient (Wildman–Crippen LogP) is 3.60. The van der Waals surface area contributed by atoms with Crippen molar-refractivity contribution in [2.24, 2.45) is 5.92 Å². The number of piperazine rings is 1. The average Bonchev–Trinajstić information content (AvgIpc) is 3.26. The zero-order valence-corrected chi connectivity index (χ0v) is 21.0. The molecule has 1 N–H and O–H groups in total. The Morgan fingerprint density at radius 2 is 1.89 bits per heavy atom. The van der Waals surface area contributed by atoms with Gasteiger partial charge in [-0.1, -0.05) is 44.7 Å². The maximum atomic E-state index is 14.4. The molecular weight excluding hydrogens is 463 g/mol. The molecule has 0 saturated carbocycles. The van der Waals surface area contributed by atoms with Crippen LogP contribution in [0.15, 0.2) is 43.0 Å². The molecule has 1 aromatic heterocycles. The lowest BCUT2D eigenvalue weighted by molar-refractivity contribution is -0.127. The maximum Gasteiger partial charge on any atom is 0.415 e. The number of halogens is 1. The van der Waals surface area contributed by atoms with Crippen LogP contribution in [0.3, 0.4) is 0 Å². The largest absolute Gasteiger partial charge is 0.447 e. The van der Waals surface area contributed by atoms with Crippen LogP contribution < -0.4 is 10.2 Å². The monoisotopic (exact) mass is 496 g/mol. The first-order valence-corrected chi connectivity index (χ1v) is 12.2. The summed E-state index contributed by atoms with van der Waals surface area (Å²) in [5, 5.41) is 3.15. The highest BCUT2D eigenvalue weighted by atomic mass is 19.1. The SMILES string of the molecule is C=CC(=O)N1CCN(Cc2ccc(C(C)Nc3nc(F)cc(N4C(=O)OC[C@@H]4C(C)C)n3)cc2)CC1. The topological polar surface area (TPSA) is 90.9 Å². The fourth-order valence-electron chi connectivity index (χ4n) is 4.49. The fourth-order valence-corrected chi connectivity index (χ4v) is 4.49. The molecule has 3 heterocycles. The van der Waals surface area contributed by atoms with E-state index in [2.05, 4.69) is 38.9 Å². The maximum absolute atomic E-state index is 14.4. The van der Waals surface area contributed by atoms with Gasteiger partial charge in [0, 0.05) is 38.8 Å². The first-order valence-electron chi connectivity index (χ1n) is 12.2. The van der Waals surface area contributed by atoms with Crippen LogP contribution in [-0.2, 0) is 16.1 Å². The summed E-state index contributed by atoms with van der Waals surface area (Å²) in [6, 6.07) is 8.94. The number of carbonyl (C=O) groups excluding carboxylic acids is 2. The van der Waals surface area contributed by atoms with Crippen LogP contribution in [0.4, 0.5) is 21.0 Å². The van der Waals surface area contributed by atoms with Crippen LogP contribution in [0.2, 0.25) is 0 Å². The van der Waals surface area contributed by atoms with Gasteiger partial charge in [0.25, 0.3) is 0 Å². The number of anilines is 2. The number of aromatic nitrogens is 2. The van der Waals surface area contributed by atoms with E-state index >= 15 is 0 Å². The van der Waals surface area contributed by atoms with Gasteiger partial charge in [-0.25, -0.2) is 4.79 Å². The van der Waals surface area contributed by atoms with Gasteiger partial charge in [0.15, 0.2) is 0 Å². The number of hydrogen-bond donors (Lipinski definition) is 1. The highest BCUT2D eigenvalue weighted by Crippen LogP contribution is 2.27. The minimum Gasteiger partial charge on any atom is -0.447 e. The van der Waals surface area contributed by atoms with E-state index in [-0.39, 0.29) is 42.3 Å². The second-order valence-electron chi connectivity index (χ2n) is 9.54. The van der Waals surface area contributed by atoms with Crippen LogP contribution in [0, 0.1) is 11.9 Å². The third-order valence-electron chi connectivity index (χ3n) is 6.69. The number of benzene rings is 1. The number of nitrogens with one attached hydrogen (secondary N) is 1. The lowest BCUT2D eigenvalue weighted by Gasteiger charge is -2.34.